The zero-order chi connectivity index (χ0) is 13.0. The summed E-state index contributed by atoms with van der Waals surface area (Å²) in [6.45, 7) is 1.50. The number of ether oxygens (including phenoxy) is 1. The molecule has 0 saturated carbocycles. The number of nitrogens with zero attached hydrogens (tertiary/aromatic N) is 2. The van der Waals surface area contributed by atoms with E-state index in [1.54, 1.807) is 7.11 Å². The predicted octanol–water partition coefficient (Wildman–Crippen LogP) is 1.67. The fourth-order valence-electron chi connectivity index (χ4n) is 1.97. The number of benzene rings is 1. The number of methoxy groups -OCH3 is 1. The third-order valence-electron chi connectivity index (χ3n) is 2.88. The number of fused-ring (bicyclic) bond motifs is 1. The van der Waals surface area contributed by atoms with E-state index in [0.717, 1.165) is 16.5 Å². The smallest absolute Gasteiger partial charge is 0.218 e. The van der Waals surface area contributed by atoms with E-state index in [4.69, 9.17) is 9.84 Å². The molecule has 4 nitrogen and oxygen atoms in total. The Bertz CT molecular complexity index is 528. The van der Waals surface area contributed by atoms with Crippen LogP contribution in [0.15, 0.2) is 30.3 Å². The number of para-hydroxylation sites is 1. The van der Waals surface area contributed by atoms with Gasteiger partial charge in [-0.3, -0.25) is 4.90 Å². The van der Waals surface area contributed by atoms with Crippen LogP contribution in [0.4, 0.5) is 0 Å². The number of pyridine rings is 1. The first-order valence-electron chi connectivity index (χ1n) is 5.96. The summed E-state index contributed by atoms with van der Waals surface area (Å²) in [5.74, 6) is 0.651. The van der Waals surface area contributed by atoms with Gasteiger partial charge in [0.2, 0.25) is 5.88 Å². The molecule has 1 aromatic heterocycles. The van der Waals surface area contributed by atoms with E-state index in [1.807, 2.05) is 36.2 Å². The molecule has 1 aromatic carbocycles. The van der Waals surface area contributed by atoms with Crippen molar-refractivity contribution >= 4 is 10.9 Å². The Morgan fingerprint density at radius 2 is 2.11 bits per heavy atom. The van der Waals surface area contributed by atoms with E-state index in [-0.39, 0.29) is 6.61 Å². The zero-order valence-corrected chi connectivity index (χ0v) is 10.8. The molecule has 1 N–H and O–H groups in total. The molecule has 0 aliphatic heterocycles. The Morgan fingerprint density at radius 3 is 2.83 bits per heavy atom. The van der Waals surface area contributed by atoms with Crippen LogP contribution in [0.25, 0.3) is 10.9 Å². The summed E-state index contributed by atoms with van der Waals surface area (Å²) < 4.78 is 5.33. The lowest BCUT2D eigenvalue weighted by Crippen LogP contribution is -2.22. The topological polar surface area (TPSA) is 45.6 Å². The molecule has 0 saturated heterocycles. The molecular weight excluding hydrogens is 228 g/mol. The molecule has 0 radical (unpaired) electrons. The van der Waals surface area contributed by atoms with Gasteiger partial charge < -0.3 is 9.84 Å². The monoisotopic (exact) mass is 246 g/mol. The van der Waals surface area contributed by atoms with Gasteiger partial charge in [0.25, 0.3) is 0 Å². The van der Waals surface area contributed by atoms with Gasteiger partial charge in [-0.25, -0.2) is 4.98 Å². The van der Waals surface area contributed by atoms with Crippen molar-refractivity contribution in [1.29, 1.82) is 0 Å². The molecule has 0 aliphatic carbocycles. The van der Waals surface area contributed by atoms with Crippen LogP contribution in [-0.2, 0) is 6.54 Å². The first-order chi connectivity index (χ1) is 8.74. The Morgan fingerprint density at radius 1 is 1.33 bits per heavy atom. The molecule has 0 atom stereocenters. The van der Waals surface area contributed by atoms with E-state index in [9.17, 15) is 0 Å². The highest BCUT2D eigenvalue weighted by molar-refractivity contribution is 5.80. The summed E-state index contributed by atoms with van der Waals surface area (Å²) >= 11 is 0. The summed E-state index contributed by atoms with van der Waals surface area (Å²) in [5, 5.41) is 10.0. The van der Waals surface area contributed by atoms with Crippen molar-refractivity contribution in [2.45, 2.75) is 6.54 Å². The second-order valence-corrected chi connectivity index (χ2v) is 4.31. The fraction of sp³-hybridized carbons (Fsp3) is 0.357. The van der Waals surface area contributed by atoms with Gasteiger partial charge in [0, 0.05) is 24.0 Å². The van der Waals surface area contributed by atoms with Gasteiger partial charge in [0.05, 0.1) is 19.2 Å². The minimum Gasteiger partial charge on any atom is -0.481 e. The van der Waals surface area contributed by atoms with Crippen LogP contribution in [0.3, 0.4) is 0 Å². The molecule has 0 unspecified atom stereocenters. The van der Waals surface area contributed by atoms with Gasteiger partial charge in [-0.2, -0.15) is 0 Å². The lowest BCUT2D eigenvalue weighted by molar-refractivity contribution is 0.215. The maximum absolute atomic E-state index is 8.92. The van der Waals surface area contributed by atoms with Crippen LogP contribution in [0.2, 0.25) is 0 Å². The molecule has 2 rings (SSSR count). The second-order valence-electron chi connectivity index (χ2n) is 4.31. The Hall–Kier alpha value is -1.65. The van der Waals surface area contributed by atoms with E-state index < -0.39 is 0 Å². The third kappa shape index (κ3) is 2.78. The van der Waals surface area contributed by atoms with Crippen molar-refractivity contribution in [3.05, 3.63) is 35.9 Å². The van der Waals surface area contributed by atoms with Gasteiger partial charge in [-0.15, -0.1) is 0 Å². The maximum atomic E-state index is 8.92. The van der Waals surface area contributed by atoms with Crippen molar-refractivity contribution in [3.63, 3.8) is 0 Å². The van der Waals surface area contributed by atoms with Crippen molar-refractivity contribution in [1.82, 2.24) is 9.88 Å². The first kappa shape index (κ1) is 12.8. The molecule has 1 heterocycles. The van der Waals surface area contributed by atoms with E-state index in [0.29, 0.717) is 19.0 Å². The number of hydrogen-bond donors (Lipinski definition) is 1. The van der Waals surface area contributed by atoms with Gasteiger partial charge in [0.1, 0.15) is 0 Å². The minimum absolute atomic E-state index is 0.153. The third-order valence-corrected chi connectivity index (χ3v) is 2.88. The molecule has 0 bridgehead atoms. The van der Waals surface area contributed by atoms with Crippen LogP contribution in [0, 0.1) is 0 Å². The zero-order valence-electron chi connectivity index (χ0n) is 10.8. The van der Waals surface area contributed by atoms with Crippen molar-refractivity contribution in [2.75, 3.05) is 27.3 Å². The average Bonchev–Trinajstić information content (AvgIpc) is 2.38. The number of rotatable bonds is 5. The van der Waals surface area contributed by atoms with Crippen LogP contribution in [-0.4, -0.2) is 42.3 Å². The molecule has 0 fully saturated rings. The molecule has 0 spiro atoms. The van der Waals surface area contributed by atoms with Gasteiger partial charge in [-0.1, -0.05) is 18.2 Å². The number of aliphatic hydroxyl groups is 1. The Labute approximate surface area is 107 Å². The normalized spacial score (nSPS) is 11.1. The van der Waals surface area contributed by atoms with Crippen LogP contribution >= 0.6 is 0 Å². The van der Waals surface area contributed by atoms with E-state index >= 15 is 0 Å². The number of likely N-dealkylation sites (N-methyl/N-ethyl adjacent to an activating group) is 1. The molecule has 4 heteroatoms. The average molecular weight is 246 g/mol. The summed E-state index contributed by atoms with van der Waals surface area (Å²) in [5.41, 5.74) is 1.97. The fourth-order valence-corrected chi connectivity index (χ4v) is 1.97. The number of hydrogen-bond acceptors (Lipinski definition) is 4. The van der Waals surface area contributed by atoms with E-state index in [1.165, 1.54) is 0 Å². The largest absolute Gasteiger partial charge is 0.481 e. The molecule has 18 heavy (non-hydrogen) atoms. The van der Waals surface area contributed by atoms with Gasteiger partial charge in [0.15, 0.2) is 0 Å². The molecular formula is C14H18N2O2. The first-order valence-corrected chi connectivity index (χ1v) is 5.96. The van der Waals surface area contributed by atoms with Crippen LogP contribution < -0.4 is 4.74 Å². The standard InChI is InChI=1S/C14H18N2O2/c1-16(7-8-17)10-12-9-11-5-3-4-6-13(11)15-14(12)18-2/h3-6,9,17H,7-8,10H2,1-2H3. The lowest BCUT2D eigenvalue weighted by Gasteiger charge is -2.17. The second kappa shape index (κ2) is 5.80. The maximum Gasteiger partial charge on any atom is 0.218 e. The van der Waals surface area contributed by atoms with Crippen molar-refractivity contribution in [3.8, 4) is 5.88 Å². The Balaban J connectivity index is 2.35. The molecule has 96 valence electrons. The summed E-state index contributed by atoms with van der Waals surface area (Å²) in [6, 6.07) is 10.1. The van der Waals surface area contributed by atoms with Crippen LogP contribution in [0.1, 0.15) is 5.56 Å². The summed E-state index contributed by atoms with van der Waals surface area (Å²) in [4.78, 5) is 6.53. The molecule has 0 aliphatic rings. The highest BCUT2D eigenvalue weighted by atomic mass is 16.5. The van der Waals surface area contributed by atoms with E-state index in [2.05, 4.69) is 11.1 Å². The van der Waals surface area contributed by atoms with Crippen molar-refractivity contribution < 1.29 is 9.84 Å². The minimum atomic E-state index is 0.153. The number of aliphatic hydroxyl groups excluding tert-OH is 1. The predicted molar refractivity (Wildman–Crippen MR) is 71.7 cm³/mol. The summed E-state index contributed by atoms with van der Waals surface area (Å²) in [7, 11) is 3.59. The highest BCUT2D eigenvalue weighted by Crippen LogP contribution is 2.22. The SMILES string of the molecule is COc1nc2ccccc2cc1CN(C)CCO. The quantitative estimate of drug-likeness (QED) is 0.871. The summed E-state index contributed by atoms with van der Waals surface area (Å²) in [6.07, 6.45) is 0. The van der Waals surface area contributed by atoms with Crippen LogP contribution in [0.5, 0.6) is 5.88 Å². The van der Waals surface area contributed by atoms with Crippen molar-refractivity contribution in [2.24, 2.45) is 0 Å². The molecule has 2 aromatic rings. The lowest BCUT2D eigenvalue weighted by atomic mass is 10.1. The van der Waals surface area contributed by atoms with Gasteiger partial charge in [-0.05, 0) is 19.2 Å². The molecule has 0 amide bonds. The van der Waals surface area contributed by atoms with Gasteiger partial charge >= 0.3 is 0 Å². The highest BCUT2D eigenvalue weighted by Gasteiger charge is 2.09. The number of aromatic nitrogens is 1. The Kier molecular flexibility index (Phi) is 4.12.